The van der Waals surface area contributed by atoms with E-state index in [1.165, 1.54) is 0 Å². The van der Waals surface area contributed by atoms with Crippen molar-refractivity contribution >= 4 is 23.2 Å². The summed E-state index contributed by atoms with van der Waals surface area (Å²) in [5.74, 6) is 1.51. The zero-order valence-corrected chi connectivity index (χ0v) is 15.0. The summed E-state index contributed by atoms with van der Waals surface area (Å²) in [4.78, 5) is 4.54. The second kappa shape index (κ2) is 7.74. The summed E-state index contributed by atoms with van der Waals surface area (Å²) in [6.45, 7) is 0.541. The Balaban J connectivity index is 1.42. The first kappa shape index (κ1) is 16.8. The maximum atomic E-state index is 5.86. The quantitative estimate of drug-likeness (QED) is 0.406. The number of rotatable bonds is 6. The van der Waals surface area contributed by atoms with Crippen LogP contribution in [0.2, 0.25) is 0 Å². The molecule has 0 spiro atoms. The van der Waals surface area contributed by atoms with Crippen molar-refractivity contribution in [2.45, 2.75) is 6.61 Å². The second-order valence-corrected chi connectivity index (χ2v) is 6.20. The molecule has 0 amide bonds. The van der Waals surface area contributed by atoms with Gasteiger partial charge in [-0.25, -0.2) is 10.4 Å². The van der Waals surface area contributed by atoms with Gasteiger partial charge in [0, 0.05) is 7.05 Å². The second-order valence-electron chi connectivity index (χ2n) is 6.20. The fourth-order valence-electron chi connectivity index (χ4n) is 2.84. The lowest BCUT2D eigenvalue weighted by molar-refractivity contribution is 0.306. The average Bonchev–Trinajstić information content (AvgIpc) is 3.04. The van der Waals surface area contributed by atoms with E-state index in [1.807, 2.05) is 90.5 Å². The Morgan fingerprint density at radius 1 is 1.00 bits per heavy atom. The fraction of sp³-hybridized carbons (Fsp3) is 0.0909. The number of aromatic nitrogens is 2. The van der Waals surface area contributed by atoms with E-state index in [1.54, 1.807) is 6.21 Å². The van der Waals surface area contributed by atoms with Crippen LogP contribution in [0.3, 0.4) is 0 Å². The van der Waals surface area contributed by atoms with Crippen LogP contribution in [-0.4, -0.2) is 15.8 Å². The van der Waals surface area contributed by atoms with E-state index in [2.05, 4.69) is 15.5 Å². The third-order valence-electron chi connectivity index (χ3n) is 4.27. The van der Waals surface area contributed by atoms with Gasteiger partial charge in [-0.1, -0.05) is 54.6 Å². The Morgan fingerprint density at radius 2 is 1.81 bits per heavy atom. The molecule has 3 aromatic carbocycles. The number of aryl methyl sites for hydroxylation is 1. The number of para-hydroxylation sites is 2. The Hall–Kier alpha value is -3.60. The first-order chi connectivity index (χ1) is 13.3. The number of nitrogens with zero attached hydrogens (tertiary/aromatic N) is 3. The number of anilines is 1. The summed E-state index contributed by atoms with van der Waals surface area (Å²) < 4.78 is 7.84. The Labute approximate surface area is 157 Å². The molecule has 5 nitrogen and oxygen atoms in total. The minimum atomic E-state index is 0.541. The van der Waals surface area contributed by atoms with E-state index >= 15 is 0 Å². The van der Waals surface area contributed by atoms with E-state index in [-0.39, 0.29) is 0 Å². The van der Waals surface area contributed by atoms with Crippen molar-refractivity contribution in [1.29, 1.82) is 0 Å². The van der Waals surface area contributed by atoms with Gasteiger partial charge in [-0.15, -0.1) is 0 Å². The summed E-state index contributed by atoms with van der Waals surface area (Å²) >= 11 is 0. The number of ether oxygens (including phenoxy) is 1. The molecule has 0 aliphatic carbocycles. The van der Waals surface area contributed by atoms with E-state index in [0.717, 1.165) is 27.9 Å². The number of fused-ring (bicyclic) bond motifs is 1. The van der Waals surface area contributed by atoms with E-state index in [4.69, 9.17) is 4.74 Å². The van der Waals surface area contributed by atoms with Crippen molar-refractivity contribution < 1.29 is 4.74 Å². The zero-order valence-electron chi connectivity index (χ0n) is 15.0. The highest BCUT2D eigenvalue weighted by Crippen LogP contribution is 2.18. The van der Waals surface area contributed by atoms with E-state index in [9.17, 15) is 0 Å². The minimum absolute atomic E-state index is 0.541. The first-order valence-electron chi connectivity index (χ1n) is 8.77. The topological polar surface area (TPSA) is 51.4 Å². The highest BCUT2D eigenvalue weighted by atomic mass is 16.5. The van der Waals surface area contributed by atoms with Gasteiger partial charge in [-0.05, 0) is 35.4 Å². The van der Waals surface area contributed by atoms with Crippen LogP contribution in [-0.2, 0) is 13.7 Å². The molecule has 1 heterocycles. The molecule has 0 unspecified atom stereocenters. The highest BCUT2D eigenvalue weighted by Gasteiger charge is 2.05. The molecule has 5 heteroatoms. The Bertz CT molecular complexity index is 1070. The molecule has 0 saturated heterocycles. The van der Waals surface area contributed by atoms with Crippen LogP contribution in [0, 0.1) is 0 Å². The molecule has 0 aliphatic rings. The predicted octanol–water partition coefficient (Wildman–Crippen LogP) is 4.60. The molecule has 1 N–H and O–H groups in total. The third-order valence-corrected chi connectivity index (χ3v) is 4.27. The van der Waals surface area contributed by atoms with Crippen molar-refractivity contribution in [3.05, 3.63) is 90.0 Å². The summed E-state index contributed by atoms with van der Waals surface area (Å²) in [7, 11) is 1.96. The number of benzene rings is 3. The number of hydrazone groups is 1. The zero-order chi connectivity index (χ0) is 18.5. The van der Waals surface area contributed by atoms with Gasteiger partial charge >= 0.3 is 0 Å². The Kier molecular flexibility index (Phi) is 4.83. The predicted molar refractivity (Wildman–Crippen MR) is 109 cm³/mol. The average molecular weight is 356 g/mol. The fourth-order valence-corrected chi connectivity index (χ4v) is 2.84. The van der Waals surface area contributed by atoms with Crippen LogP contribution in [0.25, 0.3) is 11.0 Å². The van der Waals surface area contributed by atoms with Crippen LogP contribution >= 0.6 is 0 Å². The van der Waals surface area contributed by atoms with Crippen LogP contribution in [0.5, 0.6) is 5.75 Å². The summed E-state index contributed by atoms with van der Waals surface area (Å²) in [5.41, 5.74) is 7.10. The number of hydrogen-bond donors (Lipinski definition) is 1. The van der Waals surface area contributed by atoms with Gasteiger partial charge in [0.25, 0.3) is 0 Å². The smallest absolute Gasteiger partial charge is 0.224 e. The third kappa shape index (κ3) is 3.98. The molecule has 0 saturated carbocycles. The maximum absolute atomic E-state index is 5.86. The lowest BCUT2D eigenvalue weighted by Gasteiger charge is -2.06. The molecule has 0 bridgehead atoms. The first-order valence-corrected chi connectivity index (χ1v) is 8.77. The number of hydrogen-bond acceptors (Lipinski definition) is 4. The van der Waals surface area contributed by atoms with Gasteiger partial charge in [0.2, 0.25) is 5.95 Å². The molecule has 1 aromatic heterocycles. The SMILES string of the molecule is Cn1c(N/N=C\c2cccc(OCc3ccccc3)c2)nc2ccccc21. The lowest BCUT2D eigenvalue weighted by atomic mass is 10.2. The molecule has 0 aliphatic heterocycles. The van der Waals surface area contributed by atoms with Crippen molar-refractivity contribution in [1.82, 2.24) is 9.55 Å². The molecule has 4 aromatic rings. The number of nitrogens with one attached hydrogen (secondary N) is 1. The summed E-state index contributed by atoms with van der Waals surface area (Å²) in [6.07, 6.45) is 1.76. The van der Waals surface area contributed by atoms with Crippen molar-refractivity contribution in [3.8, 4) is 5.75 Å². The molecule has 134 valence electrons. The van der Waals surface area contributed by atoms with Gasteiger partial charge in [0.05, 0.1) is 17.2 Å². The summed E-state index contributed by atoms with van der Waals surface area (Å²) in [6, 6.07) is 25.9. The van der Waals surface area contributed by atoms with Crippen LogP contribution in [0.4, 0.5) is 5.95 Å². The van der Waals surface area contributed by atoms with Crippen molar-refractivity contribution in [3.63, 3.8) is 0 Å². The van der Waals surface area contributed by atoms with Gasteiger partial charge in [-0.3, -0.25) is 0 Å². The van der Waals surface area contributed by atoms with Crippen LogP contribution in [0.15, 0.2) is 84.0 Å². The monoisotopic (exact) mass is 356 g/mol. The largest absolute Gasteiger partial charge is 0.489 e. The highest BCUT2D eigenvalue weighted by molar-refractivity contribution is 5.81. The summed E-state index contributed by atoms with van der Waals surface area (Å²) in [5, 5.41) is 4.31. The van der Waals surface area contributed by atoms with Crippen LogP contribution in [0.1, 0.15) is 11.1 Å². The van der Waals surface area contributed by atoms with Gasteiger partial charge in [0.1, 0.15) is 12.4 Å². The minimum Gasteiger partial charge on any atom is -0.489 e. The van der Waals surface area contributed by atoms with Gasteiger partial charge in [0.15, 0.2) is 0 Å². The molecule has 0 fully saturated rings. The molecule has 0 radical (unpaired) electrons. The van der Waals surface area contributed by atoms with Crippen LogP contribution < -0.4 is 10.2 Å². The standard InChI is InChI=1S/C22H20N4O/c1-26-21-13-6-5-12-20(21)24-22(26)25-23-15-18-10-7-11-19(14-18)27-16-17-8-3-2-4-9-17/h2-15H,16H2,1H3,(H,24,25)/b23-15-. The Morgan fingerprint density at radius 3 is 2.67 bits per heavy atom. The number of imidazole rings is 1. The van der Waals surface area contributed by atoms with Gasteiger partial charge < -0.3 is 9.30 Å². The van der Waals surface area contributed by atoms with Crippen molar-refractivity contribution in [2.75, 3.05) is 5.43 Å². The van der Waals surface area contributed by atoms with Crippen molar-refractivity contribution in [2.24, 2.45) is 12.1 Å². The van der Waals surface area contributed by atoms with E-state index in [0.29, 0.717) is 12.6 Å². The molecule has 0 atom stereocenters. The van der Waals surface area contributed by atoms with Gasteiger partial charge in [-0.2, -0.15) is 5.10 Å². The normalized spacial score (nSPS) is 11.1. The molecular formula is C22H20N4O. The molecule has 4 rings (SSSR count). The van der Waals surface area contributed by atoms with E-state index < -0.39 is 0 Å². The molecular weight excluding hydrogens is 336 g/mol. The lowest BCUT2D eigenvalue weighted by Crippen LogP contribution is -1.99. The maximum Gasteiger partial charge on any atom is 0.224 e. The molecule has 27 heavy (non-hydrogen) atoms.